The maximum absolute atomic E-state index is 5.49. The highest BCUT2D eigenvalue weighted by Crippen LogP contribution is 2.41. The molecule has 1 aromatic carbocycles. The van der Waals surface area contributed by atoms with Crippen LogP contribution in [0.5, 0.6) is 17.2 Å². The van der Waals surface area contributed by atoms with E-state index in [1.807, 2.05) is 24.4 Å². The van der Waals surface area contributed by atoms with Crippen molar-refractivity contribution in [3.8, 4) is 17.2 Å². The summed E-state index contributed by atoms with van der Waals surface area (Å²) in [6.45, 7) is 4.93. The Bertz CT molecular complexity index is 762. The number of fused-ring (bicyclic) bond motifs is 1. The topological polar surface area (TPSA) is 65.1 Å². The van der Waals surface area contributed by atoms with Crippen LogP contribution in [0.1, 0.15) is 11.1 Å². The first-order valence-electron chi connectivity index (χ1n) is 8.79. The van der Waals surface area contributed by atoms with E-state index in [1.54, 1.807) is 7.11 Å². The molecule has 0 unspecified atom stereocenters. The number of aromatic nitrogens is 1. The van der Waals surface area contributed by atoms with Crippen molar-refractivity contribution in [3.63, 3.8) is 0 Å². The molecule has 26 heavy (non-hydrogen) atoms. The average Bonchev–Trinajstić information content (AvgIpc) is 3.17. The van der Waals surface area contributed by atoms with Crippen LogP contribution in [-0.2, 0) is 17.8 Å². The number of nitrogens with one attached hydrogen (secondary N) is 1. The lowest BCUT2D eigenvalue weighted by Crippen LogP contribution is -2.37. The zero-order valence-electron chi connectivity index (χ0n) is 14.9. The molecule has 1 N–H and O–H groups in total. The standard InChI is InChI=1S/C19H23N3O4/c1-23-16-9-14(10-17-18(16)26-13-25-17)11-20-12-15-3-2-4-21-19(15)22-5-7-24-8-6-22/h2-4,9-10,20H,5-8,11-13H2,1H3. The van der Waals surface area contributed by atoms with E-state index in [-0.39, 0.29) is 6.79 Å². The van der Waals surface area contributed by atoms with Gasteiger partial charge in [0.25, 0.3) is 0 Å². The molecule has 2 aliphatic rings. The second-order valence-electron chi connectivity index (χ2n) is 6.22. The summed E-state index contributed by atoms with van der Waals surface area (Å²) in [7, 11) is 1.64. The van der Waals surface area contributed by atoms with Crippen molar-refractivity contribution in [1.82, 2.24) is 10.3 Å². The van der Waals surface area contributed by atoms with Gasteiger partial charge >= 0.3 is 0 Å². The number of anilines is 1. The molecule has 7 heteroatoms. The first-order chi connectivity index (χ1) is 12.8. The maximum Gasteiger partial charge on any atom is 0.231 e. The number of pyridine rings is 1. The molecular formula is C19H23N3O4. The van der Waals surface area contributed by atoms with E-state index in [0.717, 1.165) is 50.0 Å². The number of hydrogen-bond donors (Lipinski definition) is 1. The van der Waals surface area contributed by atoms with Crippen LogP contribution < -0.4 is 24.4 Å². The second kappa shape index (κ2) is 7.80. The van der Waals surface area contributed by atoms with E-state index < -0.39 is 0 Å². The van der Waals surface area contributed by atoms with E-state index >= 15 is 0 Å². The van der Waals surface area contributed by atoms with Crippen molar-refractivity contribution in [2.45, 2.75) is 13.1 Å². The van der Waals surface area contributed by atoms with Crippen LogP contribution in [0.25, 0.3) is 0 Å². The van der Waals surface area contributed by atoms with Gasteiger partial charge in [-0.3, -0.25) is 0 Å². The SMILES string of the molecule is COc1cc(CNCc2cccnc2N2CCOCC2)cc2c1OCO2. The third kappa shape index (κ3) is 3.54. The molecule has 3 heterocycles. The van der Waals surface area contributed by atoms with Crippen molar-refractivity contribution in [2.24, 2.45) is 0 Å². The molecule has 2 aliphatic heterocycles. The maximum atomic E-state index is 5.49. The van der Waals surface area contributed by atoms with Crippen LogP contribution in [0.15, 0.2) is 30.5 Å². The van der Waals surface area contributed by atoms with Gasteiger partial charge in [0.15, 0.2) is 11.5 Å². The monoisotopic (exact) mass is 357 g/mol. The zero-order chi connectivity index (χ0) is 17.8. The van der Waals surface area contributed by atoms with Crippen molar-refractivity contribution < 1.29 is 18.9 Å². The van der Waals surface area contributed by atoms with Gasteiger partial charge in [0, 0.05) is 37.9 Å². The van der Waals surface area contributed by atoms with Gasteiger partial charge in [0.05, 0.1) is 20.3 Å². The Morgan fingerprint density at radius 3 is 2.92 bits per heavy atom. The lowest BCUT2D eigenvalue weighted by atomic mass is 10.1. The number of morpholine rings is 1. The minimum Gasteiger partial charge on any atom is -0.493 e. The smallest absolute Gasteiger partial charge is 0.231 e. The summed E-state index contributed by atoms with van der Waals surface area (Å²) < 4.78 is 21.8. The molecule has 0 amide bonds. The first-order valence-corrected chi connectivity index (χ1v) is 8.79. The molecule has 0 aliphatic carbocycles. The van der Waals surface area contributed by atoms with Gasteiger partial charge in [-0.15, -0.1) is 0 Å². The van der Waals surface area contributed by atoms with E-state index in [9.17, 15) is 0 Å². The Morgan fingerprint density at radius 1 is 1.19 bits per heavy atom. The molecule has 7 nitrogen and oxygen atoms in total. The van der Waals surface area contributed by atoms with Crippen LogP contribution in [-0.4, -0.2) is 45.2 Å². The van der Waals surface area contributed by atoms with Gasteiger partial charge in [0.2, 0.25) is 12.5 Å². The molecule has 1 saturated heterocycles. The van der Waals surface area contributed by atoms with E-state index in [1.165, 1.54) is 5.56 Å². The van der Waals surface area contributed by atoms with Crippen molar-refractivity contribution >= 4 is 5.82 Å². The Balaban J connectivity index is 1.42. The summed E-state index contributed by atoms with van der Waals surface area (Å²) in [5.41, 5.74) is 2.27. The van der Waals surface area contributed by atoms with Crippen molar-refractivity contribution in [3.05, 3.63) is 41.6 Å². The van der Waals surface area contributed by atoms with Gasteiger partial charge in [0.1, 0.15) is 5.82 Å². The van der Waals surface area contributed by atoms with Crippen molar-refractivity contribution in [2.75, 3.05) is 45.1 Å². The minimum atomic E-state index is 0.237. The molecule has 0 bridgehead atoms. The largest absolute Gasteiger partial charge is 0.493 e. The summed E-state index contributed by atoms with van der Waals surface area (Å²) >= 11 is 0. The predicted octanol–water partition coefficient (Wildman–Crippen LogP) is 1.95. The molecular weight excluding hydrogens is 334 g/mol. The highest BCUT2D eigenvalue weighted by atomic mass is 16.7. The second-order valence-corrected chi connectivity index (χ2v) is 6.22. The van der Waals surface area contributed by atoms with E-state index in [0.29, 0.717) is 18.0 Å². The van der Waals surface area contributed by atoms with Gasteiger partial charge < -0.3 is 29.2 Å². The van der Waals surface area contributed by atoms with E-state index in [2.05, 4.69) is 21.3 Å². The molecule has 0 atom stereocenters. The number of ether oxygens (including phenoxy) is 4. The highest BCUT2D eigenvalue weighted by molar-refractivity contribution is 5.55. The average molecular weight is 357 g/mol. The Morgan fingerprint density at radius 2 is 2.08 bits per heavy atom. The number of hydrogen-bond acceptors (Lipinski definition) is 7. The van der Waals surface area contributed by atoms with Crippen LogP contribution in [0.4, 0.5) is 5.82 Å². The van der Waals surface area contributed by atoms with Gasteiger partial charge in [-0.2, -0.15) is 0 Å². The molecule has 1 fully saturated rings. The molecule has 138 valence electrons. The summed E-state index contributed by atoms with van der Waals surface area (Å²) in [4.78, 5) is 6.86. The third-order valence-corrected chi connectivity index (χ3v) is 4.54. The summed E-state index contributed by atoms with van der Waals surface area (Å²) in [5.74, 6) is 3.15. The third-order valence-electron chi connectivity index (χ3n) is 4.54. The summed E-state index contributed by atoms with van der Waals surface area (Å²) in [6, 6.07) is 8.06. The normalized spacial score (nSPS) is 16.0. The number of nitrogens with zero attached hydrogens (tertiary/aromatic N) is 2. The van der Waals surface area contributed by atoms with Crippen LogP contribution in [0.3, 0.4) is 0 Å². The fourth-order valence-electron chi connectivity index (χ4n) is 3.26. The fourth-order valence-corrected chi connectivity index (χ4v) is 3.26. The summed E-state index contributed by atoms with van der Waals surface area (Å²) in [5, 5.41) is 3.49. The van der Waals surface area contributed by atoms with Gasteiger partial charge in [-0.05, 0) is 23.8 Å². The molecule has 0 spiro atoms. The first kappa shape index (κ1) is 16.9. The Kier molecular flexibility index (Phi) is 5.08. The molecule has 0 saturated carbocycles. The van der Waals surface area contributed by atoms with Gasteiger partial charge in [-0.25, -0.2) is 4.98 Å². The van der Waals surface area contributed by atoms with Gasteiger partial charge in [-0.1, -0.05) is 6.07 Å². The lowest BCUT2D eigenvalue weighted by molar-refractivity contribution is 0.122. The van der Waals surface area contributed by atoms with Crippen LogP contribution >= 0.6 is 0 Å². The Hall–Kier alpha value is -2.51. The molecule has 0 radical (unpaired) electrons. The fraction of sp³-hybridized carbons (Fsp3) is 0.421. The number of rotatable bonds is 6. The predicted molar refractivity (Wildman–Crippen MR) is 96.9 cm³/mol. The molecule has 1 aromatic heterocycles. The lowest BCUT2D eigenvalue weighted by Gasteiger charge is -2.29. The molecule has 2 aromatic rings. The van der Waals surface area contributed by atoms with Crippen LogP contribution in [0, 0.1) is 0 Å². The molecule has 4 rings (SSSR count). The quantitative estimate of drug-likeness (QED) is 0.848. The number of methoxy groups -OCH3 is 1. The van der Waals surface area contributed by atoms with E-state index in [4.69, 9.17) is 18.9 Å². The van der Waals surface area contributed by atoms with Crippen molar-refractivity contribution in [1.29, 1.82) is 0 Å². The van der Waals surface area contributed by atoms with Crippen LogP contribution in [0.2, 0.25) is 0 Å². The minimum absolute atomic E-state index is 0.237. The number of benzene rings is 1. The Labute approximate surface area is 152 Å². The highest BCUT2D eigenvalue weighted by Gasteiger charge is 2.20. The zero-order valence-corrected chi connectivity index (χ0v) is 14.9. The summed E-state index contributed by atoms with van der Waals surface area (Å²) in [6.07, 6.45) is 1.84.